The Bertz CT molecular complexity index is 678. The topological polar surface area (TPSA) is 72.2 Å². The van der Waals surface area contributed by atoms with Crippen LogP contribution in [0.2, 0.25) is 5.02 Å². The molecule has 0 amide bonds. The SMILES string of the molecule is Cc1sc(CN)cc1S(=O)(=O)Nc1ccc(Cl)cc1. The van der Waals surface area contributed by atoms with E-state index in [1.165, 1.54) is 11.3 Å². The van der Waals surface area contributed by atoms with Gasteiger partial charge in [0.05, 0.1) is 0 Å². The van der Waals surface area contributed by atoms with Crippen LogP contribution in [-0.2, 0) is 16.6 Å². The molecule has 1 aromatic heterocycles. The molecule has 0 saturated carbocycles. The van der Waals surface area contributed by atoms with Gasteiger partial charge in [-0.25, -0.2) is 8.42 Å². The minimum Gasteiger partial charge on any atom is -0.326 e. The van der Waals surface area contributed by atoms with Crippen molar-refractivity contribution >= 4 is 38.6 Å². The molecule has 0 aliphatic heterocycles. The highest BCUT2D eigenvalue weighted by atomic mass is 35.5. The molecule has 0 atom stereocenters. The van der Waals surface area contributed by atoms with E-state index >= 15 is 0 Å². The van der Waals surface area contributed by atoms with Gasteiger partial charge in [0.15, 0.2) is 0 Å². The first-order valence-corrected chi connectivity index (χ1v) is 8.18. The molecule has 0 aliphatic carbocycles. The van der Waals surface area contributed by atoms with Crippen LogP contribution in [0.15, 0.2) is 35.2 Å². The minimum atomic E-state index is -3.58. The highest BCUT2D eigenvalue weighted by molar-refractivity contribution is 7.93. The maximum Gasteiger partial charge on any atom is 0.263 e. The Morgan fingerprint density at radius 2 is 1.95 bits per heavy atom. The first-order chi connectivity index (χ1) is 8.92. The Kier molecular flexibility index (Phi) is 4.15. The number of nitrogens with two attached hydrogens (primary N) is 1. The standard InChI is InChI=1S/C12H13ClN2O2S2/c1-8-12(6-11(7-14)18-8)19(16,17)15-10-4-2-9(13)3-5-10/h2-6,15H,7,14H2,1H3. The van der Waals surface area contributed by atoms with E-state index in [-0.39, 0.29) is 4.90 Å². The molecule has 7 heteroatoms. The number of aryl methyl sites for hydroxylation is 1. The lowest BCUT2D eigenvalue weighted by molar-refractivity contribution is 0.601. The fraction of sp³-hybridized carbons (Fsp3) is 0.167. The van der Waals surface area contributed by atoms with Crippen molar-refractivity contribution in [3.8, 4) is 0 Å². The predicted molar refractivity (Wildman–Crippen MR) is 79.2 cm³/mol. The second kappa shape index (κ2) is 5.50. The summed E-state index contributed by atoms with van der Waals surface area (Å²) in [4.78, 5) is 1.84. The predicted octanol–water partition coefficient (Wildman–Crippen LogP) is 2.97. The first-order valence-electron chi connectivity index (χ1n) is 5.50. The highest BCUT2D eigenvalue weighted by Crippen LogP contribution is 2.27. The maximum atomic E-state index is 12.3. The number of nitrogens with one attached hydrogen (secondary N) is 1. The zero-order valence-corrected chi connectivity index (χ0v) is 12.6. The van der Waals surface area contributed by atoms with Crippen molar-refractivity contribution in [3.05, 3.63) is 45.1 Å². The van der Waals surface area contributed by atoms with Crippen molar-refractivity contribution in [1.29, 1.82) is 0 Å². The summed E-state index contributed by atoms with van der Waals surface area (Å²) in [5.41, 5.74) is 6.00. The number of thiophene rings is 1. The van der Waals surface area contributed by atoms with Gasteiger partial charge in [0, 0.05) is 27.0 Å². The van der Waals surface area contributed by atoms with Crippen LogP contribution < -0.4 is 10.5 Å². The van der Waals surface area contributed by atoms with Crippen molar-refractivity contribution in [2.24, 2.45) is 5.73 Å². The van der Waals surface area contributed by atoms with Crippen LogP contribution in [0.3, 0.4) is 0 Å². The molecule has 4 nitrogen and oxygen atoms in total. The Hall–Kier alpha value is -1.08. The number of hydrogen-bond acceptors (Lipinski definition) is 4. The molecule has 2 rings (SSSR count). The van der Waals surface area contributed by atoms with Crippen LogP contribution in [0.5, 0.6) is 0 Å². The molecule has 0 radical (unpaired) electrons. The van der Waals surface area contributed by atoms with Crippen LogP contribution in [0.25, 0.3) is 0 Å². The van der Waals surface area contributed by atoms with Gasteiger partial charge in [0.2, 0.25) is 0 Å². The van der Waals surface area contributed by atoms with E-state index in [4.69, 9.17) is 17.3 Å². The molecular formula is C12H13ClN2O2S2. The Labute approximate surface area is 121 Å². The second-order valence-corrected chi connectivity index (χ2v) is 7.38. The van der Waals surface area contributed by atoms with E-state index in [0.717, 1.165) is 9.75 Å². The van der Waals surface area contributed by atoms with Gasteiger partial charge in [-0.05, 0) is 37.3 Å². The number of hydrogen-bond donors (Lipinski definition) is 2. The van der Waals surface area contributed by atoms with Crippen molar-refractivity contribution in [1.82, 2.24) is 0 Å². The lowest BCUT2D eigenvalue weighted by atomic mass is 10.3. The molecule has 0 aliphatic rings. The maximum absolute atomic E-state index is 12.3. The van der Waals surface area contributed by atoms with Crippen LogP contribution >= 0.6 is 22.9 Å². The first kappa shape index (κ1) is 14.3. The van der Waals surface area contributed by atoms with Gasteiger partial charge in [-0.1, -0.05) is 11.6 Å². The lowest BCUT2D eigenvalue weighted by Gasteiger charge is -2.07. The third kappa shape index (κ3) is 3.27. The molecule has 0 spiro atoms. The van der Waals surface area contributed by atoms with E-state index in [9.17, 15) is 8.42 Å². The number of rotatable bonds is 4. The van der Waals surface area contributed by atoms with E-state index in [1.807, 2.05) is 0 Å². The van der Waals surface area contributed by atoms with Gasteiger partial charge < -0.3 is 5.73 Å². The monoisotopic (exact) mass is 316 g/mol. The van der Waals surface area contributed by atoms with Crippen molar-refractivity contribution in [2.75, 3.05) is 4.72 Å². The average molecular weight is 317 g/mol. The van der Waals surface area contributed by atoms with Gasteiger partial charge in [0.25, 0.3) is 10.0 Å². The highest BCUT2D eigenvalue weighted by Gasteiger charge is 2.19. The Morgan fingerprint density at radius 3 is 2.47 bits per heavy atom. The summed E-state index contributed by atoms with van der Waals surface area (Å²) < 4.78 is 27.0. The van der Waals surface area contributed by atoms with E-state index in [0.29, 0.717) is 17.3 Å². The average Bonchev–Trinajstić information content (AvgIpc) is 2.74. The molecule has 2 aromatic rings. The lowest BCUT2D eigenvalue weighted by Crippen LogP contribution is -2.13. The van der Waals surface area contributed by atoms with Crippen LogP contribution in [0.4, 0.5) is 5.69 Å². The summed E-state index contributed by atoms with van der Waals surface area (Å²) in [5.74, 6) is 0. The summed E-state index contributed by atoms with van der Waals surface area (Å²) in [6.45, 7) is 2.10. The van der Waals surface area contributed by atoms with E-state index in [2.05, 4.69) is 4.72 Å². The molecule has 0 saturated heterocycles. The Morgan fingerprint density at radius 1 is 1.32 bits per heavy atom. The van der Waals surface area contributed by atoms with Crippen LogP contribution in [-0.4, -0.2) is 8.42 Å². The molecule has 19 heavy (non-hydrogen) atoms. The molecule has 3 N–H and O–H groups in total. The zero-order chi connectivity index (χ0) is 14.0. The Balaban J connectivity index is 2.31. The fourth-order valence-electron chi connectivity index (χ4n) is 1.62. The molecule has 0 fully saturated rings. The van der Waals surface area contributed by atoms with Gasteiger partial charge in [0.1, 0.15) is 4.90 Å². The third-order valence-electron chi connectivity index (χ3n) is 2.51. The minimum absolute atomic E-state index is 0.271. The molecule has 0 bridgehead atoms. The van der Waals surface area contributed by atoms with Crippen LogP contribution in [0, 0.1) is 6.92 Å². The largest absolute Gasteiger partial charge is 0.326 e. The molecule has 1 heterocycles. The van der Waals surface area contributed by atoms with Gasteiger partial charge >= 0.3 is 0 Å². The quantitative estimate of drug-likeness (QED) is 0.911. The van der Waals surface area contributed by atoms with Gasteiger partial charge in [-0.15, -0.1) is 11.3 Å². The van der Waals surface area contributed by atoms with Crippen molar-refractivity contribution in [3.63, 3.8) is 0 Å². The van der Waals surface area contributed by atoms with Crippen molar-refractivity contribution < 1.29 is 8.42 Å². The third-order valence-corrected chi connectivity index (χ3v) is 5.47. The van der Waals surface area contributed by atoms with Gasteiger partial charge in [-0.3, -0.25) is 4.72 Å². The number of halogens is 1. The fourth-order valence-corrected chi connectivity index (χ4v) is 4.32. The number of sulfonamides is 1. The summed E-state index contributed by atoms with van der Waals surface area (Å²) in [7, 11) is -3.58. The second-order valence-electron chi connectivity index (χ2n) is 3.95. The smallest absolute Gasteiger partial charge is 0.263 e. The summed E-state index contributed by atoms with van der Waals surface area (Å²) in [6, 6.07) is 8.10. The van der Waals surface area contributed by atoms with Gasteiger partial charge in [-0.2, -0.15) is 0 Å². The summed E-state index contributed by atoms with van der Waals surface area (Å²) in [6.07, 6.45) is 0. The van der Waals surface area contributed by atoms with E-state index < -0.39 is 10.0 Å². The zero-order valence-electron chi connectivity index (χ0n) is 10.2. The van der Waals surface area contributed by atoms with E-state index in [1.54, 1.807) is 37.3 Å². The molecular weight excluding hydrogens is 304 g/mol. The summed E-state index contributed by atoms with van der Waals surface area (Å²) >= 11 is 7.15. The molecule has 0 unspecified atom stereocenters. The van der Waals surface area contributed by atoms with Crippen LogP contribution in [0.1, 0.15) is 9.75 Å². The molecule has 102 valence electrons. The normalized spacial score (nSPS) is 11.5. The van der Waals surface area contributed by atoms with Crippen molar-refractivity contribution in [2.45, 2.75) is 18.4 Å². The summed E-state index contributed by atoms with van der Waals surface area (Å²) in [5, 5.41) is 0.556. The number of anilines is 1. The molecule has 1 aromatic carbocycles. The number of benzene rings is 1.